The fourth-order valence-electron chi connectivity index (χ4n) is 4.50. The highest BCUT2D eigenvalue weighted by Gasteiger charge is 2.48. The second-order valence-corrected chi connectivity index (χ2v) is 12.0. The fraction of sp³-hybridized carbons (Fsp3) is 0.200. The van der Waals surface area contributed by atoms with Gasteiger partial charge in [-0.15, -0.1) is 10.2 Å². The summed E-state index contributed by atoms with van der Waals surface area (Å²) in [7, 11) is 0. The van der Waals surface area contributed by atoms with Crippen molar-refractivity contribution in [1.29, 1.82) is 0 Å². The molecule has 198 valence electrons. The Bertz CT molecular complexity index is 1580. The number of anilines is 1. The summed E-state index contributed by atoms with van der Waals surface area (Å²) in [5.41, 5.74) is 5.23. The van der Waals surface area contributed by atoms with Crippen molar-refractivity contribution in [3.05, 3.63) is 111 Å². The largest absolute Gasteiger partial charge is 0.507 e. The maximum Gasteiger partial charge on any atom is 0.301 e. The Morgan fingerprint density at radius 2 is 1.69 bits per heavy atom. The number of hydrogen-bond donors (Lipinski definition) is 1. The molecule has 2 heterocycles. The van der Waals surface area contributed by atoms with E-state index in [9.17, 15) is 14.7 Å². The molecule has 1 aromatic heterocycles. The van der Waals surface area contributed by atoms with E-state index in [4.69, 9.17) is 11.6 Å². The van der Waals surface area contributed by atoms with Crippen LogP contribution in [0.4, 0.5) is 5.13 Å². The van der Waals surface area contributed by atoms with Crippen LogP contribution in [0.3, 0.4) is 0 Å². The zero-order valence-electron chi connectivity index (χ0n) is 21.6. The summed E-state index contributed by atoms with van der Waals surface area (Å²) in [6.07, 6.45) is 0.855. The van der Waals surface area contributed by atoms with Crippen molar-refractivity contribution >= 4 is 57.3 Å². The molecule has 1 fully saturated rings. The molecular weight excluding hydrogens is 550 g/mol. The quantitative estimate of drug-likeness (QED) is 0.0819. The minimum atomic E-state index is -0.835. The molecule has 0 spiro atoms. The number of carbonyl (C=O) groups is 2. The molecule has 3 aromatic carbocycles. The molecule has 1 aliphatic heterocycles. The number of amides is 1. The SMILES string of the molecule is CCc1ccc(C2/C(=C(\O)c3cc(C)ccc3C)C(=O)C(=O)N2c2nnc(SCc3ccc(Cl)cc3)s2)cc1. The van der Waals surface area contributed by atoms with Gasteiger partial charge in [-0.25, -0.2) is 0 Å². The van der Waals surface area contributed by atoms with E-state index in [0.717, 1.165) is 28.7 Å². The molecule has 9 heteroatoms. The smallest absolute Gasteiger partial charge is 0.301 e. The molecular formula is C30H26ClN3O3S2. The third-order valence-electron chi connectivity index (χ3n) is 6.67. The van der Waals surface area contributed by atoms with Crippen LogP contribution in [0.5, 0.6) is 0 Å². The van der Waals surface area contributed by atoms with Crippen molar-refractivity contribution in [1.82, 2.24) is 10.2 Å². The molecule has 1 saturated heterocycles. The first-order valence-corrected chi connectivity index (χ1v) is 14.6. The van der Waals surface area contributed by atoms with Gasteiger partial charge in [-0.3, -0.25) is 14.5 Å². The molecule has 1 atom stereocenters. The number of aromatic nitrogens is 2. The highest BCUT2D eigenvalue weighted by Crippen LogP contribution is 2.44. The van der Waals surface area contributed by atoms with Gasteiger partial charge in [-0.1, -0.05) is 95.7 Å². The summed E-state index contributed by atoms with van der Waals surface area (Å²) in [6, 6.07) is 20.1. The molecule has 0 radical (unpaired) electrons. The van der Waals surface area contributed by atoms with E-state index in [-0.39, 0.29) is 11.3 Å². The molecule has 0 aliphatic carbocycles. The average molecular weight is 576 g/mol. The number of nitrogens with zero attached hydrogens (tertiary/aromatic N) is 3. The number of hydrogen-bond acceptors (Lipinski definition) is 7. The number of thioether (sulfide) groups is 1. The van der Waals surface area contributed by atoms with Crippen molar-refractivity contribution in [3.63, 3.8) is 0 Å². The number of carbonyl (C=O) groups excluding carboxylic acids is 2. The van der Waals surface area contributed by atoms with Crippen molar-refractivity contribution in [3.8, 4) is 0 Å². The minimum absolute atomic E-state index is 0.0449. The van der Waals surface area contributed by atoms with Gasteiger partial charge in [0.25, 0.3) is 5.78 Å². The van der Waals surface area contributed by atoms with Crippen LogP contribution in [0.25, 0.3) is 5.76 Å². The summed E-state index contributed by atoms with van der Waals surface area (Å²) in [6.45, 7) is 5.84. The second kappa shape index (κ2) is 11.3. The van der Waals surface area contributed by atoms with E-state index in [2.05, 4.69) is 17.1 Å². The van der Waals surface area contributed by atoms with Crippen LogP contribution in [-0.4, -0.2) is 27.0 Å². The highest BCUT2D eigenvalue weighted by atomic mass is 35.5. The molecule has 0 bridgehead atoms. The fourth-order valence-corrected chi connectivity index (χ4v) is 6.45. The van der Waals surface area contributed by atoms with Crippen molar-refractivity contribution < 1.29 is 14.7 Å². The van der Waals surface area contributed by atoms with Crippen LogP contribution >= 0.6 is 34.7 Å². The van der Waals surface area contributed by atoms with Gasteiger partial charge in [-0.2, -0.15) is 0 Å². The van der Waals surface area contributed by atoms with Crippen molar-refractivity contribution in [2.24, 2.45) is 0 Å². The molecule has 0 saturated carbocycles. The summed E-state index contributed by atoms with van der Waals surface area (Å²) in [5, 5.41) is 21.0. The Morgan fingerprint density at radius 1 is 1.00 bits per heavy atom. The van der Waals surface area contributed by atoms with Crippen LogP contribution in [0.1, 0.15) is 46.3 Å². The van der Waals surface area contributed by atoms with E-state index < -0.39 is 17.7 Å². The second-order valence-electron chi connectivity index (χ2n) is 9.35. The Labute approximate surface area is 240 Å². The van der Waals surface area contributed by atoms with Crippen molar-refractivity contribution in [2.45, 2.75) is 43.3 Å². The number of rotatable bonds is 7. The zero-order valence-corrected chi connectivity index (χ0v) is 24.0. The lowest BCUT2D eigenvalue weighted by atomic mass is 9.93. The van der Waals surface area contributed by atoms with Crippen LogP contribution in [0.2, 0.25) is 5.02 Å². The molecule has 39 heavy (non-hydrogen) atoms. The summed E-state index contributed by atoms with van der Waals surface area (Å²) in [5.74, 6) is -1.03. The maximum atomic E-state index is 13.5. The number of ketones is 1. The molecule has 1 aliphatic rings. The molecule has 4 aromatic rings. The average Bonchev–Trinajstić information content (AvgIpc) is 3.51. The lowest BCUT2D eigenvalue weighted by molar-refractivity contribution is -0.132. The third kappa shape index (κ3) is 5.50. The zero-order chi connectivity index (χ0) is 27.7. The highest BCUT2D eigenvalue weighted by molar-refractivity contribution is 8.00. The molecule has 5 rings (SSSR count). The lowest BCUT2D eigenvalue weighted by Crippen LogP contribution is -2.29. The Hall–Kier alpha value is -3.46. The normalized spacial score (nSPS) is 16.7. The van der Waals surface area contributed by atoms with Crippen LogP contribution in [0.15, 0.2) is 76.6 Å². The monoisotopic (exact) mass is 575 g/mol. The predicted molar refractivity (Wildman–Crippen MR) is 157 cm³/mol. The van der Waals surface area contributed by atoms with Gasteiger partial charge in [0.15, 0.2) is 4.34 Å². The van der Waals surface area contributed by atoms with Gasteiger partial charge < -0.3 is 5.11 Å². The molecule has 1 amide bonds. The summed E-state index contributed by atoms with van der Waals surface area (Å²) in [4.78, 5) is 28.3. The van der Waals surface area contributed by atoms with E-state index in [1.807, 2.05) is 80.6 Å². The van der Waals surface area contributed by atoms with Gasteiger partial charge in [0.05, 0.1) is 11.6 Å². The summed E-state index contributed by atoms with van der Waals surface area (Å²) < 4.78 is 0.663. The minimum Gasteiger partial charge on any atom is -0.507 e. The standard InChI is InChI=1S/C30H26ClN3O3S2/c1-4-19-7-11-21(12-8-19)25-24(26(35)23-15-17(2)5-6-18(23)3)27(36)28(37)34(25)29-32-33-30(39-29)38-16-20-9-13-22(31)14-10-20/h5-15,25,35H,4,16H2,1-3H3/b26-24+. The first-order valence-electron chi connectivity index (χ1n) is 12.4. The number of aliphatic hydroxyl groups excluding tert-OH is 1. The summed E-state index contributed by atoms with van der Waals surface area (Å²) >= 11 is 8.72. The van der Waals surface area contributed by atoms with Crippen molar-refractivity contribution in [2.75, 3.05) is 4.90 Å². The first-order chi connectivity index (χ1) is 18.8. The van der Waals surface area contributed by atoms with Gasteiger partial charge >= 0.3 is 5.91 Å². The van der Waals surface area contributed by atoms with Gasteiger partial charge in [0, 0.05) is 16.3 Å². The number of aryl methyl sites for hydroxylation is 3. The Morgan fingerprint density at radius 3 is 2.38 bits per heavy atom. The third-order valence-corrected chi connectivity index (χ3v) is 9.05. The van der Waals surface area contributed by atoms with Gasteiger partial charge in [0.2, 0.25) is 5.13 Å². The topological polar surface area (TPSA) is 83.4 Å². The van der Waals surface area contributed by atoms with Crippen LogP contribution in [0, 0.1) is 13.8 Å². The number of benzene rings is 3. The van der Waals surface area contributed by atoms with Gasteiger partial charge in [0.1, 0.15) is 5.76 Å². The van der Waals surface area contributed by atoms with Crippen LogP contribution < -0.4 is 4.90 Å². The van der Waals surface area contributed by atoms with Crippen LogP contribution in [-0.2, 0) is 21.8 Å². The number of halogens is 1. The molecule has 1 N–H and O–H groups in total. The van der Waals surface area contributed by atoms with E-state index in [1.54, 1.807) is 0 Å². The predicted octanol–water partition coefficient (Wildman–Crippen LogP) is 7.29. The lowest BCUT2D eigenvalue weighted by Gasteiger charge is -2.23. The number of aliphatic hydroxyl groups is 1. The molecule has 1 unspecified atom stereocenters. The molecule has 6 nitrogen and oxygen atoms in total. The Kier molecular flexibility index (Phi) is 7.88. The van der Waals surface area contributed by atoms with E-state index >= 15 is 0 Å². The van der Waals surface area contributed by atoms with E-state index in [0.29, 0.717) is 31.4 Å². The van der Waals surface area contributed by atoms with Gasteiger partial charge in [-0.05, 0) is 60.7 Å². The number of Topliss-reactive ketones (excluding diaryl/α,β-unsaturated/α-hetero) is 1. The Balaban J connectivity index is 1.56. The van der Waals surface area contributed by atoms with E-state index in [1.165, 1.54) is 28.0 Å². The maximum absolute atomic E-state index is 13.5. The first kappa shape index (κ1) is 27.1.